The highest BCUT2D eigenvalue weighted by atomic mass is 16.6. The van der Waals surface area contributed by atoms with Crippen molar-refractivity contribution in [3.63, 3.8) is 0 Å². The summed E-state index contributed by atoms with van der Waals surface area (Å²) >= 11 is 0. The standard InChI is InChI=1S/C24H24O4/c1-3-27-23(25)21-16-19(18-13-9-6-10-14-18)22(24(26)28-4-2)20(21)15-17-11-7-5-8-12-17/h5-16,21,26H,3-4H2,1-2H3/b20-15+,24-22-. The molecule has 0 amide bonds. The summed E-state index contributed by atoms with van der Waals surface area (Å²) in [6, 6.07) is 19.3. The van der Waals surface area contributed by atoms with Crippen molar-refractivity contribution in [3.8, 4) is 0 Å². The predicted octanol–water partition coefficient (Wildman–Crippen LogP) is 5.15. The lowest BCUT2D eigenvalue weighted by Crippen LogP contribution is -2.16. The number of carbonyl (C=O) groups excluding carboxylic acids is 1. The fraction of sp³-hybridized carbons (Fsp3) is 0.208. The van der Waals surface area contributed by atoms with Crippen molar-refractivity contribution >= 4 is 17.6 Å². The summed E-state index contributed by atoms with van der Waals surface area (Å²) in [5.74, 6) is -1.16. The van der Waals surface area contributed by atoms with Crippen LogP contribution in [0.15, 0.2) is 83.8 Å². The molecule has 1 aliphatic rings. The molecule has 0 aromatic heterocycles. The molecule has 0 heterocycles. The zero-order chi connectivity index (χ0) is 19.9. The molecule has 28 heavy (non-hydrogen) atoms. The Morgan fingerprint density at radius 2 is 1.57 bits per heavy atom. The SMILES string of the molecule is CCOC(=O)C1C=C(c2ccccc2)C(=C(\O)OCC)/C1=C/c1ccccc1. The Morgan fingerprint density at radius 3 is 2.18 bits per heavy atom. The Labute approximate surface area is 165 Å². The van der Waals surface area contributed by atoms with Crippen LogP contribution in [-0.4, -0.2) is 24.3 Å². The third kappa shape index (κ3) is 4.17. The Kier molecular flexibility index (Phi) is 6.33. The normalized spacial score (nSPS) is 19.3. The van der Waals surface area contributed by atoms with Crippen LogP contribution in [0.2, 0.25) is 0 Å². The van der Waals surface area contributed by atoms with Crippen molar-refractivity contribution in [2.24, 2.45) is 5.92 Å². The summed E-state index contributed by atoms with van der Waals surface area (Å²) in [7, 11) is 0. The quantitative estimate of drug-likeness (QED) is 0.559. The summed E-state index contributed by atoms with van der Waals surface area (Å²) in [4.78, 5) is 12.7. The van der Waals surface area contributed by atoms with Crippen molar-refractivity contribution in [2.75, 3.05) is 13.2 Å². The molecule has 1 N–H and O–H groups in total. The number of benzene rings is 2. The van der Waals surface area contributed by atoms with Gasteiger partial charge < -0.3 is 14.6 Å². The Morgan fingerprint density at radius 1 is 0.964 bits per heavy atom. The maximum Gasteiger partial charge on any atom is 0.317 e. The first-order chi connectivity index (χ1) is 13.7. The first-order valence-corrected chi connectivity index (χ1v) is 9.43. The monoisotopic (exact) mass is 376 g/mol. The molecule has 4 nitrogen and oxygen atoms in total. The van der Waals surface area contributed by atoms with Gasteiger partial charge in [-0.15, -0.1) is 0 Å². The minimum atomic E-state index is -0.618. The van der Waals surface area contributed by atoms with Crippen LogP contribution in [0.25, 0.3) is 11.6 Å². The number of carbonyl (C=O) groups is 1. The lowest BCUT2D eigenvalue weighted by molar-refractivity contribution is -0.144. The number of hydrogen-bond donors (Lipinski definition) is 1. The molecule has 144 valence electrons. The van der Waals surface area contributed by atoms with Gasteiger partial charge in [-0.1, -0.05) is 66.7 Å². The first-order valence-electron chi connectivity index (χ1n) is 9.43. The average molecular weight is 376 g/mol. The van der Waals surface area contributed by atoms with Crippen molar-refractivity contribution in [3.05, 3.63) is 95.0 Å². The van der Waals surface area contributed by atoms with Crippen LogP contribution in [0.4, 0.5) is 0 Å². The van der Waals surface area contributed by atoms with Crippen molar-refractivity contribution in [1.29, 1.82) is 0 Å². The van der Waals surface area contributed by atoms with E-state index in [1.807, 2.05) is 72.8 Å². The smallest absolute Gasteiger partial charge is 0.317 e. The summed E-state index contributed by atoms with van der Waals surface area (Å²) in [6.45, 7) is 4.20. The number of allylic oxidation sites excluding steroid dienone is 2. The predicted molar refractivity (Wildman–Crippen MR) is 110 cm³/mol. The fourth-order valence-corrected chi connectivity index (χ4v) is 3.27. The molecule has 1 unspecified atom stereocenters. The van der Waals surface area contributed by atoms with Gasteiger partial charge in [-0.2, -0.15) is 0 Å². The van der Waals surface area contributed by atoms with Crippen LogP contribution >= 0.6 is 0 Å². The van der Waals surface area contributed by atoms with Crippen LogP contribution < -0.4 is 0 Å². The van der Waals surface area contributed by atoms with E-state index in [9.17, 15) is 9.90 Å². The lowest BCUT2D eigenvalue weighted by Gasteiger charge is -2.14. The molecule has 0 saturated carbocycles. The van der Waals surface area contributed by atoms with E-state index in [0.717, 1.165) is 16.7 Å². The van der Waals surface area contributed by atoms with E-state index in [2.05, 4.69) is 0 Å². The van der Waals surface area contributed by atoms with E-state index >= 15 is 0 Å². The maximum absolute atomic E-state index is 12.7. The van der Waals surface area contributed by atoms with Crippen molar-refractivity contribution in [1.82, 2.24) is 0 Å². The highest BCUT2D eigenvalue weighted by Gasteiger charge is 2.36. The molecular weight excluding hydrogens is 352 g/mol. The van der Waals surface area contributed by atoms with Crippen molar-refractivity contribution < 1.29 is 19.4 Å². The van der Waals surface area contributed by atoms with E-state index in [4.69, 9.17) is 9.47 Å². The summed E-state index contributed by atoms with van der Waals surface area (Å²) in [5, 5.41) is 10.7. The van der Waals surface area contributed by atoms with Gasteiger partial charge in [-0.25, -0.2) is 0 Å². The minimum absolute atomic E-state index is 0.188. The molecule has 0 bridgehead atoms. The van der Waals surface area contributed by atoms with E-state index in [0.29, 0.717) is 24.4 Å². The van der Waals surface area contributed by atoms with Gasteiger partial charge in [0.15, 0.2) is 0 Å². The summed E-state index contributed by atoms with van der Waals surface area (Å²) in [5.41, 5.74) is 3.77. The van der Waals surface area contributed by atoms with Gasteiger partial charge in [0.25, 0.3) is 5.95 Å². The Bertz CT molecular complexity index is 908. The number of aliphatic hydroxyl groups excluding tert-OH is 1. The number of rotatable bonds is 6. The van der Waals surface area contributed by atoms with Gasteiger partial charge in [0.2, 0.25) is 0 Å². The van der Waals surface area contributed by atoms with E-state index < -0.39 is 5.92 Å². The van der Waals surface area contributed by atoms with Crippen LogP contribution in [0.5, 0.6) is 0 Å². The molecule has 2 aromatic rings. The van der Waals surface area contributed by atoms with Gasteiger partial charge in [-0.3, -0.25) is 4.79 Å². The zero-order valence-corrected chi connectivity index (χ0v) is 16.1. The molecular formula is C24H24O4. The van der Waals surface area contributed by atoms with Crippen LogP contribution in [0.3, 0.4) is 0 Å². The molecule has 0 spiro atoms. The molecule has 0 fully saturated rings. The van der Waals surface area contributed by atoms with E-state index in [-0.39, 0.29) is 11.9 Å². The van der Waals surface area contributed by atoms with E-state index in [1.54, 1.807) is 13.8 Å². The summed E-state index contributed by atoms with van der Waals surface area (Å²) in [6.07, 6.45) is 3.74. The summed E-state index contributed by atoms with van der Waals surface area (Å²) < 4.78 is 10.7. The number of aliphatic hydroxyl groups is 1. The van der Waals surface area contributed by atoms with Gasteiger partial charge in [-0.05, 0) is 42.2 Å². The lowest BCUT2D eigenvalue weighted by atomic mass is 9.94. The van der Waals surface area contributed by atoms with Crippen LogP contribution in [0.1, 0.15) is 25.0 Å². The number of esters is 1. The minimum Gasteiger partial charge on any atom is -0.481 e. The average Bonchev–Trinajstić information content (AvgIpc) is 3.09. The van der Waals surface area contributed by atoms with Gasteiger partial charge >= 0.3 is 5.97 Å². The molecule has 0 aliphatic heterocycles. The van der Waals surface area contributed by atoms with E-state index in [1.165, 1.54) is 0 Å². The third-order valence-corrected chi connectivity index (χ3v) is 4.47. The molecule has 3 rings (SSSR count). The second-order valence-electron chi connectivity index (χ2n) is 6.30. The van der Waals surface area contributed by atoms with Crippen molar-refractivity contribution in [2.45, 2.75) is 13.8 Å². The number of ether oxygens (including phenoxy) is 2. The zero-order valence-electron chi connectivity index (χ0n) is 16.1. The second kappa shape index (κ2) is 9.09. The number of hydrogen-bond acceptors (Lipinski definition) is 4. The highest BCUT2D eigenvalue weighted by Crippen LogP contribution is 2.44. The Hall–Kier alpha value is -3.27. The topological polar surface area (TPSA) is 55.8 Å². The highest BCUT2D eigenvalue weighted by molar-refractivity contribution is 5.98. The van der Waals surface area contributed by atoms with Gasteiger partial charge in [0.05, 0.1) is 18.8 Å². The molecule has 1 aliphatic carbocycles. The van der Waals surface area contributed by atoms with Gasteiger partial charge in [0, 0.05) is 0 Å². The molecule has 0 radical (unpaired) electrons. The Balaban J connectivity index is 2.19. The molecule has 2 aromatic carbocycles. The molecule has 1 atom stereocenters. The molecule has 4 heteroatoms. The largest absolute Gasteiger partial charge is 0.481 e. The maximum atomic E-state index is 12.7. The van der Waals surface area contributed by atoms with Crippen LogP contribution in [-0.2, 0) is 14.3 Å². The van der Waals surface area contributed by atoms with Gasteiger partial charge in [0.1, 0.15) is 5.92 Å². The third-order valence-electron chi connectivity index (χ3n) is 4.47. The first kappa shape index (κ1) is 19.5. The second-order valence-corrected chi connectivity index (χ2v) is 6.30. The molecule has 0 saturated heterocycles. The van der Waals surface area contributed by atoms with Crippen LogP contribution in [0, 0.1) is 5.92 Å². The fourth-order valence-electron chi connectivity index (χ4n) is 3.27.